The lowest BCUT2D eigenvalue weighted by atomic mass is 9.89. The maximum Gasteiger partial charge on any atom is 0.196 e. The minimum atomic E-state index is -0.797. The van der Waals surface area contributed by atoms with Crippen LogP contribution in [0.1, 0.15) is 23.7 Å². The van der Waals surface area contributed by atoms with Gasteiger partial charge in [-0.1, -0.05) is 37.3 Å². The fraction of sp³-hybridized carbons (Fsp3) is 0.562. The number of carbonyl (C=O) groups excluding carboxylic acids is 1. The van der Waals surface area contributed by atoms with E-state index in [0.717, 1.165) is 0 Å². The average molecular weight is 278 g/mol. The van der Waals surface area contributed by atoms with Crippen LogP contribution >= 0.6 is 0 Å². The second-order valence-electron chi connectivity index (χ2n) is 5.63. The molecule has 1 aromatic rings. The van der Waals surface area contributed by atoms with Gasteiger partial charge in [-0.25, -0.2) is 0 Å². The molecule has 0 saturated carbocycles. The van der Waals surface area contributed by atoms with E-state index in [1.54, 1.807) is 0 Å². The minimum absolute atomic E-state index is 0.0520. The molecule has 112 valence electrons. The van der Waals surface area contributed by atoms with E-state index in [4.69, 9.17) is 4.74 Å². The van der Waals surface area contributed by atoms with Crippen LogP contribution in [0.4, 0.5) is 0 Å². The summed E-state index contributed by atoms with van der Waals surface area (Å²) in [6.07, 6.45) is 0.646. The third kappa shape index (κ3) is 4.40. The smallest absolute Gasteiger partial charge is 0.196 e. The molecule has 4 nitrogen and oxygen atoms in total. The van der Waals surface area contributed by atoms with Gasteiger partial charge in [-0.05, 0) is 34.6 Å². The van der Waals surface area contributed by atoms with Gasteiger partial charge in [0.05, 0.1) is 6.73 Å². The predicted molar refractivity (Wildman–Crippen MR) is 82.0 cm³/mol. The second-order valence-corrected chi connectivity index (χ2v) is 5.63. The minimum Gasteiger partial charge on any atom is -0.350 e. The number of carbonyl (C=O) groups is 1. The zero-order valence-corrected chi connectivity index (χ0v) is 13.2. The molecule has 0 aliphatic rings. The summed E-state index contributed by atoms with van der Waals surface area (Å²) < 4.78 is 6.00. The monoisotopic (exact) mass is 278 g/mol. The summed E-state index contributed by atoms with van der Waals surface area (Å²) in [5.74, 6) is 0.0520. The standard InChI is InChI=1S/C16H26N2O2/c1-6-16(12-17(2)3,20-13-18(4)5)15(19)14-10-8-7-9-11-14/h7-11H,6,12-13H2,1-5H3. The number of hydrogen-bond acceptors (Lipinski definition) is 4. The van der Waals surface area contributed by atoms with Crippen LogP contribution in [0.3, 0.4) is 0 Å². The first kappa shape index (κ1) is 16.8. The third-order valence-electron chi connectivity index (χ3n) is 3.19. The molecule has 0 radical (unpaired) electrons. The Bertz CT molecular complexity index is 418. The predicted octanol–water partition coefficient (Wildman–Crippen LogP) is 2.12. The highest BCUT2D eigenvalue weighted by molar-refractivity contribution is 6.02. The lowest BCUT2D eigenvalue weighted by Crippen LogP contribution is -2.50. The Morgan fingerprint density at radius 2 is 1.70 bits per heavy atom. The molecule has 4 heteroatoms. The van der Waals surface area contributed by atoms with Crippen molar-refractivity contribution in [3.8, 4) is 0 Å². The van der Waals surface area contributed by atoms with Crippen LogP contribution in [0, 0.1) is 0 Å². The van der Waals surface area contributed by atoms with Crippen LogP contribution < -0.4 is 0 Å². The lowest BCUT2D eigenvalue weighted by molar-refractivity contribution is -0.0726. The van der Waals surface area contributed by atoms with Gasteiger partial charge in [0.2, 0.25) is 0 Å². The number of rotatable bonds is 8. The summed E-state index contributed by atoms with van der Waals surface area (Å²) in [6, 6.07) is 9.38. The maximum absolute atomic E-state index is 12.9. The van der Waals surface area contributed by atoms with Crippen molar-refractivity contribution in [1.29, 1.82) is 0 Å². The Morgan fingerprint density at radius 3 is 2.15 bits per heavy atom. The van der Waals surface area contributed by atoms with Crippen LogP contribution in [0.15, 0.2) is 30.3 Å². The topological polar surface area (TPSA) is 32.8 Å². The van der Waals surface area contributed by atoms with Gasteiger partial charge in [-0.2, -0.15) is 0 Å². The van der Waals surface area contributed by atoms with Gasteiger partial charge in [-0.15, -0.1) is 0 Å². The largest absolute Gasteiger partial charge is 0.350 e. The van der Waals surface area contributed by atoms with Gasteiger partial charge in [0, 0.05) is 12.1 Å². The van der Waals surface area contributed by atoms with Crippen molar-refractivity contribution in [1.82, 2.24) is 9.80 Å². The lowest BCUT2D eigenvalue weighted by Gasteiger charge is -2.35. The van der Waals surface area contributed by atoms with E-state index < -0.39 is 5.60 Å². The molecule has 20 heavy (non-hydrogen) atoms. The maximum atomic E-state index is 12.9. The molecule has 0 aromatic heterocycles. The number of likely N-dealkylation sites (N-methyl/N-ethyl adjacent to an activating group) is 1. The Labute approximate surface area is 122 Å². The number of Topliss-reactive ketones (excluding diaryl/α,β-unsaturated/α-hetero) is 1. The van der Waals surface area contributed by atoms with Gasteiger partial charge in [0.25, 0.3) is 0 Å². The molecular weight excluding hydrogens is 252 g/mol. The van der Waals surface area contributed by atoms with Crippen molar-refractivity contribution in [3.63, 3.8) is 0 Å². The van der Waals surface area contributed by atoms with Crippen LogP contribution in [0.25, 0.3) is 0 Å². The summed E-state index contributed by atoms with van der Waals surface area (Å²) in [5.41, 5.74) is -0.0928. The molecule has 0 heterocycles. The molecule has 1 aromatic carbocycles. The van der Waals surface area contributed by atoms with E-state index >= 15 is 0 Å². The molecule has 0 aliphatic heterocycles. The molecule has 0 saturated heterocycles. The van der Waals surface area contributed by atoms with Crippen molar-refractivity contribution in [2.24, 2.45) is 0 Å². The van der Waals surface area contributed by atoms with Crippen molar-refractivity contribution < 1.29 is 9.53 Å². The quantitative estimate of drug-likeness (QED) is 0.538. The van der Waals surface area contributed by atoms with E-state index in [2.05, 4.69) is 0 Å². The molecule has 0 fully saturated rings. The summed E-state index contributed by atoms with van der Waals surface area (Å²) in [7, 11) is 7.79. The summed E-state index contributed by atoms with van der Waals surface area (Å²) >= 11 is 0. The Balaban J connectivity index is 3.04. The average Bonchev–Trinajstić information content (AvgIpc) is 2.43. The molecule has 1 unspecified atom stereocenters. The van der Waals surface area contributed by atoms with Crippen molar-refractivity contribution in [2.45, 2.75) is 18.9 Å². The molecule has 0 N–H and O–H groups in total. The molecule has 1 atom stereocenters. The molecular formula is C16H26N2O2. The highest BCUT2D eigenvalue weighted by atomic mass is 16.5. The van der Waals surface area contributed by atoms with Gasteiger partial charge < -0.3 is 9.64 Å². The van der Waals surface area contributed by atoms with Gasteiger partial charge >= 0.3 is 0 Å². The van der Waals surface area contributed by atoms with Crippen molar-refractivity contribution in [2.75, 3.05) is 41.5 Å². The Kier molecular flexibility index (Phi) is 6.33. The number of ketones is 1. The first-order valence-electron chi connectivity index (χ1n) is 6.94. The zero-order valence-electron chi connectivity index (χ0n) is 13.2. The fourth-order valence-corrected chi connectivity index (χ4v) is 2.17. The first-order chi connectivity index (χ1) is 9.41. The SMILES string of the molecule is CCC(CN(C)C)(OCN(C)C)C(=O)c1ccccc1. The van der Waals surface area contributed by atoms with Crippen LogP contribution in [-0.4, -0.2) is 62.7 Å². The molecule has 0 aliphatic carbocycles. The Morgan fingerprint density at radius 1 is 1.10 bits per heavy atom. The molecule has 1 rings (SSSR count). The van der Waals surface area contributed by atoms with E-state index in [0.29, 0.717) is 25.3 Å². The van der Waals surface area contributed by atoms with Gasteiger partial charge in [0.15, 0.2) is 5.78 Å². The van der Waals surface area contributed by atoms with E-state index in [-0.39, 0.29) is 5.78 Å². The summed E-state index contributed by atoms with van der Waals surface area (Å²) in [4.78, 5) is 16.8. The van der Waals surface area contributed by atoms with Crippen molar-refractivity contribution >= 4 is 5.78 Å². The van der Waals surface area contributed by atoms with Crippen molar-refractivity contribution in [3.05, 3.63) is 35.9 Å². The highest BCUT2D eigenvalue weighted by Gasteiger charge is 2.39. The number of ether oxygens (including phenoxy) is 1. The van der Waals surface area contributed by atoms with E-state index in [9.17, 15) is 4.79 Å². The van der Waals surface area contributed by atoms with Gasteiger partial charge in [-0.3, -0.25) is 9.69 Å². The molecule has 0 bridgehead atoms. The summed E-state index contributed by atoms with van der Waals surface area (Å²) in [6.45, 7) is 3.01. The normalized spacial score (nSPS) is 14.6. The second kappa shape index (κ2) is 7.53. The number of nitrogens with zero attached hydrogens (tertiary/aromatic N) is 2. The third-order valence-corrected chi connectivity index (χ3v) is 3.19. The fourth-order valence-electron chi connectivity index (χ4n) is 2.17. The first-order valence-corrected chi connectivity index (χ1v) is 6.94. The number of benzene rings is 1. The highest BCUT2D eigenvalue weighted by Crippen LogP contribution is 2.23. The summed E-state index contributed by atoms with van der Waals surface area (Å²) in [5, 5.41) is 0. The molecule has 0 amide bonds. The van der Waals surface area contributed by atoms with Crippen LogP contribution in [-0.2, 0) is 4.74 Å². The van der Waals surface area contributed by atoms with Crippen LogP contribution in [0.2, 0.25) is 0 Å². The zero-order chi connectivity index (χ0) is 15.2. The van der Waals surface area contributed by atoms with E-state index in [1.165, 1.54) is 0 Å². The van der Waals surface area contributed by atoms with Gasteiger partial charge in [0.1, 0.15) is 5.60 Å². The Hall–Kier alpha value is -1.23. The van der Waals surface area contributed by atoms with Crippen LogP contribution in [0.5, 0.6) is 0 Å². The number of hydrogen-bond donors (Lipinski definition) is 0. The molecule has 0 spiro atoms. The van der Waals surface area contributed by atoms with E-state index in [1.807, 2.05) is 75.2 Å².